The number of nitrogens with zero attached hydrogens (tertiary/aromatic N) is 3. The van der Waals surface area contributed by atoms with Crippen molar-refractivity contribution in [1.82, 2.24) is 20.1 Å². The van der Waals surface area contributed by atoms with Gasteiger partial charge in [-0.15, -0.1) is 10.2 Å². The van der Waals surface area contributed by atoms with Crippen LogP contribution in [0.2, 0.25) is 0 Å². The Morgan fingerprint density at radius 3 is 2.60 bits per heavy atom. The molecular formula is C14H24N4OS. The van der Waals surface area contributed by atoms with Gasteiger partial charge in [0, 0.05) is 29.8 Å². The predicted molar refractivity (Wildman–Crippen MR) is 80.1 cm³/mol. The molecule has 0 saturated heterocycles. The van der Waals surface area contributed by atoms with Gasteiger partial charge in [-0.25, -0.2) is 0 Å². The molecule has 1 unspecified atom stereocenters. The molecule has 1 heterocycles. The van der Waals surface area contributed by atoms with Crippen LogP contribution in [0.3, 0.4) is 0 Å². The van der Waals surface area contributed by atoms with Gasteiger partial charge in [0.15, 0.2) is 5.16 Å². The lowest BCUT2D eigenvalue weighted by molar-refractivity contribution is 0.247. The molecule has 0 aromatic carbocycles. The minimum atomic E-state index is 0.119. The van der Waals surface area contributed by atoms with Crippen molar-refractivity contribution in [3.8, 4) is 0 Å². The molecule has 3 rings (SSSR count). The van der Waals surface area contributed by atoms with Gasteiger partial charge in [-0.2, -0.15) is 0 Å². The fourth-order valence-electron chi connectivity index (χ4n) is 2.48. The predicted octanol–water partition coefficient (Wildman–Crippen LogP) is 1.94. The van der Waals surface area contributed by atoms with E-state index in [1.165, 1.54) is 31.5 Å². The van der Waals surface area contributed by atoms with E-state index >= 15 is 0 Å². The lowest BCUT2D eigenvalue weighted by Gasteiger charge is -2.18. The summed E-state index contributed by atoms with van der Waals surface area (Å²) in [5.74, 6) is 2.69. The van der Waals surface area contributed by atoms with Crippen LogP contribution < -0.4 is 5.32 Å². The topological polar surface area (TPSA) is 63.0 Å². The minimum absolute atomic E-state index is 0.119. The highest BCUT2D eigenvalue weighted by Gasteiger charge is 2.36. The Balaban J connectivity index is 1.64. The number of thioether (sulfide) groups is 1. The molecule has 5 nitrogen and oxygen atoms in total. The first kappa shape index (κ1) is 14.4. The van der Waals surface area contributed by atoms with Crippen LogP contribution in [-0.2, 0) is 0 Å². The zero-order valence-electron chi connectivity index (χ0n) is 12.2. The van der Waals surface area contributed by atoms with Crippen molar-refractivity contribution in [3.63, 3.8) is 0 Å². The first-order chi connectivity index (χ1) is 9.69. The fourth-order valence-corrected chi connectivity index (χ4v) is 3.51. The van der Waals surface area contributed by atoms with E-state index in [1.807, 2.05) is 0 Å². The summed E-state index contributed by atoms with van der Waals surface area (Å²) in [5.41, 5.74) is 0. The minimum Gasteiger partial charge on any atom is -0.395 e. The lowest BCUT2D eigenvalue weighted by Crippen LogP contribution is -2.39. The Kier molecular flexibility index (Phi) is 4.33. The van der Waals surface area contributed by atoms with Crippen molar-refractivity contribution < 1.29 is 5.11 Å². The number of aliphatic hydroxyl groups excluding tert-OH is 1. The quantitative estimate of drug-likeness (QED) is 0.718. The third-order valence-corrected chi connectivity index (χ3v) is 4.85. The maximum Gasteiger partial charge on any atom is 0.191 e. The average Bonchev–Trinajstić information content (AvgIpc) is 3.32. The van der Waals surface area contributed by atoms with Crippen molar-refractivity contribution >= 4 is 11.8 Å². The van der Waals surface area contributed by atoms with E-state index in [9.17, 15) is 5.11 Å². The number of hydrogen-bond donors (Lipinski definition) is 2. The second-order valence-corrected chi connectivity index (χ2v) is 7.22. The van der Waals surface area contributed by atoms with Crippen LogP contribution >= 0.6 is 11.8 Å². The molecule has 0 aliphatic heterocycles. The molecule has 0 amide bonds. The van der Waals surface area contributed by atoms with E-state index in [1.54, 1.807) is 11.8 Å². The van der Waals surface area contributed by atoms with Gasteiger partial charge in [-0.1, -0.05) is 25.6 Å². The molecule has 1 aromatic heterocycles. The van der Waals surface area contributed by atoms with Gasteiger partial charge in [0.05, 0.1) is 6.61 Å². The summed E-state index contributed by atoms with van der Waals surface area (Å²) in [7, 11) is 0. The lowest BCUT2D eigenvalue weighted by atomic mass is 10.3. The van der Waals surface area contributed by atoms with Crippen molar-refractivity contribution in [2.75, 3.05) is 12.4 Å². The van der Waals surface area contributed by atoms with Crippen LogP contribution in [0.1, 0.15) is 57.3 Å². The van der Waals surface area contributed by atoms with Gasteiger partial charge in [0.25, 0.3) is 0 Å². The molecule has 0 spiro atoms. The molecular weight excluding hydrogens is 272 g/mol. The monoisotopic (exact) mass is 296 g/mol. The number of hydrogen-bond acceptors (Lipinski definition) is 5. The number of rotatable bonds is 8. The molecule has 2 saturated carbocycles. The van der Waals surface area contributed by atoms with Gasteiger partial charge in [-0.3, -0.25) is 0 Å². The summed E-state index contributed by atoms with van der Waals surface area (Å²) in [5, 5.41) is 22.7. The van der Waals surface area contributed by atoms with Crippen molar-refractivity contribution in [2.45, 2.75) is 68.7 Å². The highest BCUT2D eigenvalue weighted by atomic mass is 32.2. The molecule has 1 aromatic rings. The molecule has 1 atom stereocenters. The molecule has 0 radical (unpaired) electrons. The summed E-state index contributed by atoms with van der Waals surface area (Å²) in [6.45, 7) is 4.37. The molecule has 2 aliphatic carbocycles. The van der Waals surface area contributed by atoms with Crippen LogP contribution in [0, 0.1) is 0 Å². The summed E-state index contributed by atoms with van der Waals surface area (Å²) in [6, 6.07) is 1.14. The Bertz CT molecular complexity index is 454. The van der Waals surface area contributed by atoms with Crippen LogP contribution in [0.5, 0.6) is 0 Å². The zero-order valence-corrected chi connectivity index (χ0v) is 13.1. The standard InChI is InChI=1S/C14H24N4OS/c1-9(2)15-11(7-19)8-20-14-17-16-13(10-3-4-10)18(14)12-5-6-12/h9-12,15,19H,3-8H2,1-2H3. The number of aliphatic hydroxyl groups is 1. The first-order valence-corrected chi connectivity index (χ1v) is 8.62. The van der Waals surface area contributed by atoms with E-state index in [4.69, 9.17) is 0 Å². The molecule has 0 bridgehead atoms. The zero-order chi connectivity index (χ0) is 14.1. The smallest absolute Gasteiger partial charge is 0.191 e. The average molecular weight is 296 g/mol. The Morgan fingerprint density at radius 2 is 2.05 bits per heavy atom. The second-order valence-electron chi connectivity index (χ2n) is 6.23. The summed E-state index contributed by atoms with van der Waals surface area (Å²) in [4.78, 5) is 0. The SMILES string of the molecule is CC(C)NC(CO)CSc1nnc(C2CC2)n1C1CC1. The highest BCUT2D eigenvalue weighted by molar-refractivity contribution is 7.99. The molecule has 2 N–H and O–H groups in total. The third kappa shape index (κ3) is 3.35. The Labute approximate surface area is 124 Å². The van der Waals surface area contributed by atoms with E-state index in [0.29, 0.717) is 18.0 Å². The fraction of sp³-hybridized carbons (Fsp3) is 0.857. The van der Waals surface area contributed by atoms with Gasteiger partial charge < -0.3 is 15.0 Å². The third-order valence-electron chi connectivity index (χ3n) is 3.75. The molecule has 2 aliphatic rings. The summed E-state index contributed by atoms with van der Waals surface area (Å²) < 4.78 is 2.37. The van der Waals surface area contributed by atoms with E-state index in [-0.39, 0.29) is 12.6 Å². The second kappa shape index (κ2) is 6.03. The van der Waals surface area contributed by atoms with Crippen LogP contribution in [0.25, 0.3) is 0 Å². The maximum atomic E-state index is 9.43. The van der Waals surface area contributed by atoms with E-state index in [2.05, 4.69) is 33.9 Å². The Morgan fingerprint density at radius 1 is 1.30 bits per heavy atom. The molecule has 112 valence electrons. The van der Waals surface area contributed by atoms with Crippen LogP contribution in [-0.4, -0.2) is 44.3 Å². The van der Waals surface area contributed by atoms with Gasteiger partial charge in [0.2, 0.25) is 0 Å². The molecule has 2 fully saturated rings. The highest BCUT2D eigenvalue weighted by Crippen LogP contribution is 2.45. The van der Waals surface area contributed by atoms with E-state index < -0.39 is 0 Å². The number of aromatic nitrogens is 3. The van der Waals surface area contributed by atoms with Crippen LogP contribution in [0.15, 0.2) is 5.16 Å². The summed E-state index contributed by atoms with van der Waals surface area (Å²) in [6.07, 6.45) is 5.06. The van der Waals surface area contributed by atoms with Crippen molar-refractivity contribution in [1.29, 1.82) is 0 Å². The van der Waals surface area contributed by atoms with Gasteiger partial charge in [0.1, 0.15) is 5.82 Å². The van der Waals surface area contributed by atoms with Gasteiger partial charge >= 0.3 is 0 Å². The Hall–Kier alpha value is -0.590. The van der Waals surface area contributed by atoms with Crippen molar-refractivity contribution in [2.24, 2.45) is 0 Å². The molecule has 6 heteroatoms. The first-order valence-electron chi connectivity index (χ1n) is 7.63. The van der Waals surface area contributed by atoms with E-state index in [0.717, 1.165) is 10.9 Å². The van der Waals surface area contributed by atoms with Gasteiger partial charge in [-0.05, 0) is 25.7 Å². The largest absolute Gasteiger partial charge is 0.395 e. The number of nitrogens with one attached hydrogen (secondary N) is 1. The van der Waals surface area contributed by atoms with Crippen LogP contribution in [0.4, 0.5) is 0 Å². The normalized spacial score (nSPS) is 20.6. The molecule has 20 heavy (non-hydrogen) atoms. The van der Waals surface area contributed by atoms with Crippen molar-refractivity contribution in [3.05, 3.63) is 5.82 Å². The maximum absolute atomic E-state index is 9.43. The summed E-state index contributed by atoms with van der Waals surface area (Å²) >= 11 is 1.72.